The first-order chi connectivity index (χ1) is 14.0. The molecule has 0 bridgehead atoms. The third-order valence-electron chi connectivity index (χ3n) is 5.99. The van der Waals surface area contributed by atoms with Crippen molar-refractivity contribution in [2.24, 2.45) is 12.0 Å². The van der Waals surface area contributed by atoms with Crippen LogP contribution in [-0.4, -0.2) is 62.7 Å². The van der Waals surface area contributed by atoms with Gasteiger partial charge >= 0.3 is 0 Å². The fraction of sp³-hybridized carbons (Fsp3) is 0.591. The number of likely N-dealkylation sites (tertiary alicyclic amines) is 1. The second-order valence-corrected chi connectivity index (χ2v) is 7.75. The summed E-state index contributed by atoms with van der Waals surface area (Å²) in [6, 6.07) is 11.3. The third-order valence-corrected chi connectivity index (χ3v) is 5.99. The van der Waals surface area contributed by atoms with Crippen LogP contribution in [0.1, 0.15) is 50.4 Å². The van der Waals surface area contributed by atoms with Crippen molar-refractivity contribution in [3.63, 3.8) is 0 Å². The number of hydrogen-bond acceptors (Lipinski definition) is 4. The smallest absolute Gasteiger partial charge is 0.194 e. The molecule has 2 aromatic rings. The standard InChI is InChI=1S/C22H35N7.HI/c1-6-28(7-2)20-13-14-29(16-20)22(23-15-21-26-25-18(4)27(21)5)24-17(3)19-11-9-8-10-12-19;/h8-12,17,20H,6-7,13-16H2,1-5H3,(H,23,24);1H. The molecule has 1 fully saturated rings. The molecule has 8 heteroatoms. The van der Waals surface area contributed by atoms with Gasteiger partial charge in [0.15, 0.2) is 11.8 Å². The SMILES string of the molecule is CCN(CC)C1CCN(C(=NCc2nnc(C)n2C)NC(C)c2ccccc2)C1.I. The van der Waals surface area contributed by atoms with Crippen LogP contribution in [0.3, 0.4) is 0 Å². The first-order valence-electron chi connectivity index (χ1n) is 10.7. The van der Waals surface area contributed by atoms with E-state index < -0.39 is 0 Å². The van der Waals surface area contributed by atoms with Crippen molar-refractivity contribution in [3.05, 3.63) is 47.5 Å². The predicted molar refractivity (Wildman–Crippen MR) is 133 cm³/mol. The largest absolute Gasteiger partial charge is 0.350 e. The molecule has 1 aliphatic heterocycles. The summed E-state index contributed by atoms with van der Waals surface area (Å²) >= 11 is 0. The zero-order valence-corrected chi connectivity index (χ0v) is 21.2. The van der Waals surface area contributed by atoms with Crippen molar-refractivity contribution in [2.45, 2.75) is 52.7 Å². The minimum atomic E-state index is 0. The Labute approximate surface area is 198 Å². The molecule has 0 saturated carbocycles. The van der Waals surface area contributed by atoms with Gasteiger partial charge in [0, 0.05) is 26.2 Å². The molecular weight excluding hydrogens is 489 g/mol. The number of aliphatic imine (C=N–C) groups is 1. The Bertz CT molecular complexity index is 801. The Hall–Kier alpha value is -1.68. The van der Waals surface area contributed by atoms with E-state index in [1.807, 2.05) is 18.5 Å². The molecule has 1 aliphatic rings. The molecule has 0 radical (unpaired) electrons. The first kappa shape index (κ1) is 24.6. The Balaban J connectivity index is 0.00000320. The lowest BCUT2D eigenvalue weighted by Gasteiger charge is -2.28. The maximum Gasteiger partial charge on any atom is 0.194 e. The fourth-order valence-corrected chi connectivity index (χ4v) is 3.96. The molecule has 166 valence electrons. The normalized spacial score (nSPS) is 17.9. The van der Waals surface area contributed by atoms with E-state index in [0.29, 0.717) is 12.6 Å². The second kappa shape index (κ2) is 11.6. The summed E-state index contributed by atoms with van der Waals surface area (Å²) in [5.41, 5.74) is 1.26. The Morgan fingerprint density at radius 2 is 1.93 bits per heavy atom. The highest BCUT2D eigenvalue weighted by Gasteiger charge is 2.29. The van der Waals surface area contributed by atoms with Gasteiger partial charge in [0.25, 0.3) is 0 Å². The van der Waals surface area contributed by atoms with E-state index >= 15 is 0 Å². The van der Waals surface area contributed by atoms with Gasteiger partial charge in [-0.05, 0) is 38.9 Å². The lowest BCUT2D eigenvalue weighted by Crippen LogP contribution is -2.44. The number of hydrogen-bond donors (Lipinski definition) is 1. The van der Waals surface area contributed by atoms with E-state index in [1.54, 1.807) is 0 Å². The van der Waals surface area contributed by atoms with Crippen molar-refractivity contribution >= 4 is 29.9 Å². The molecule has 1 saturated heterocycles. The molecule has 0 aliphatic carbocycles. The Morgan fingerprint density at radius 3 is 2.53 bits per heavy atom. The predicted octanol–water partition coefficient (Wildman–Crippen LogP) is 3.36. The van der Waals surface area contributed by atoms with Crippen molar-refractivity contribution < 1.29 is 0 Å². The Morgan fingerprint density at radius 1 is 1.23 bits per heavy atom. The summed E-state index contributed by atoms with van der Waals surface area (Å²) < 4.78 is 2.00. The molecule has 1 N–H and O–H groups in total. The maximum atomic E-state index is 4.95. The first-order valence-corrected chi connectivity index (χ1v) is 10.7. The van der Waals surface area contributed by atoms with Gasteiger partial charge in [0.2, 0.25) is 0 Å². The number of benzene rings is 1. The average molecular weight is 525 g/mol. The summed E-state index contributed by atoms with van der Waals surface area (Å²) in [5, 5.41) is 12.1. The molecule has 2 unspecified atom stereocenters. The van der Waals surface area contributed by atoms with Gasteiger partial charge in [-0.15, -0.1) is 34.2 Å². The van der Waals surface area contributed by atoms with Crippen molar-refractivity contribution in [1.82, 2.24) is 29.9 Å². The van der Waals surface area contributed by atoms with Gasteiger partial charge in [-0.3, -0.25) is 4.90 Å². The molecule has 1 aromatic carbocycles. The highest BCUT2D eigenvalue weighted by atomic mass is 127. The van der Waals surface area contributed by atoms with Crippen LogP contribution in [0, 0.1) is 6.92 Å². The van der Waals surface area contributed by atoms with E-state index in [4.69, 9.17) is 4.99 Å². The summed E-state index contributed by atoms with van der Waals surface area (Å²) in [7, 11) is 1.99. The van der Waals surface area contributed by atoms with Crippen LogP contribution in [0.15, 0.2) is 35.3 Å². The molecule has 2 heterocycles. The summed E-state index contributed by atoms with van der Waals surface area (Å²) in [6.07, 6.45) is 1.17. The number of aryl methyl sites for hydroxylation is 1. The van der Waals surface area contributed by atoms with Crippen LogP contribution in [0.25, 0.3) is 0 Å². The topological polar surface area (TPSA) is 61.6 Å². The highest BCUT2D eigenvalue weighted by Crippen LogP contribution is 2.18. The average Bonchev–Trinajstić information content (AvgIpc) is 3.35. The number of halogens is 1. The summed E-state index contributed by atoms with van der Waals surface area (Å²) in [4.78, 5) is 9.89. The molecular formula is C22H36IN7. The quantitative estimate of drug-likeness (QED) is 0.341. The molecule has 1 aromatic heterocycles. The monoisotopic (exact) mass is 525 g/mol. The molecule has 2 atom stereocenters. The van der Waals surface area contributed by atoms with Gasteiger partial charge in [-0.1, -0.05) is 44.2 Å². The van der Waals surface area contributed by atoms with E-state index in [9.17, 15) is 0 Å². The molecule has 30 heavy (non-hydrogen) atoms. The van der Waals surface area contributed by atoms with Crippen molar-refractivity contribution in [2.75, 3.05) is 26.2 Å². The van der Waals surface area contributed by atoms with Crippen LogP contribution >= 0.6 is 24.0 Å². The van der Waals surface area contributed by atoms with Gasteiger partial charge in [-0.2, -0.15) is 0 Å². The minimum absolute atomic E-state index is 0. The van der Waals surface area contributed by atoms with Gasteiger partial charge in [-0.25, -0.2) is 4.99 Å². The number of guanidine groups is 1. The van der Waals surface area contributed by atoms with Gasteiger partial charge < -0.3 is 14.8 Å². The maximum absolute atomic E-state index is 4.95. The van der Waals surface area contributed by atoms with E-state index in [2.05, 4.69) is 76.4 Å². The highest BCUT2D eigenvalue weighted by molar-refractivity contribution is 14.0. The van der Waals surface area contributed by atoms with Crippen LogP contribution in [0.5, 0.6) is 0 Å². The lowest BCUT2D eigenvalue weighted by molar-refractivity contribution is 0.223. The van der Waals surface area contributed by atoms with E-state index in [0.717, 1.165) is 43.8 Å². The molecule has 0 spiro atoms. The van der Waals surface area contributed by atoms with Crippen molar-refractivity contribution in [3.8, 4) is 0 Å². The number of aromatic nitrogens is 3. The van der Waals surface area contributed by atoms with Crippen molar-refractivity contribution in [1.29, 1.82) is 0 Å². The van der Waals surface area contributed by atoms with Crippen LogP contribution in [0.2, 0.25) is 0 Å². The van der Waals surface area contributed by atoms with Crippen LogP contribution < -0.4 is 5.32 Å². The number of rotatable bonds is 7. The molecule has 7 nitrogen and oxygen atoms in total. The van der Waals surface area contributed by atoms with Crippen LogP contribution in [-0.2, 0) is 13.6 Å². The Kier molecular flexibility index (Phi) is 9.54. The third kappa shape index (κ3) is 5.94. The number of nitrogens with zero attached hydrogens (tertiary/aromatic N) is 6. The van der Waals surface area contributed by atoms with Gasteiger partial charge in [0.1, 0.15) is 12.4 Å². The van der Waals surface area contributed by atoms with Gasteiger partial charge in [0.05, 0.1) is 6.04 Å². The zero-order chi connectivity index (χ0) is 20.8. The van der Waals surface area contributed by atoms with E-state index in [-0.39, 0.29) is 30.0 Å². The fourth-order valence-electron chi connectivity index (χ4n) is 3.96. The zero-order valence-electron chi connectivity index (χ0n) is 18.9. The van der Waals surface area contributed by atoms with Crippen LogP contribution in [0.4, 0.5) is 0 Å². The number of likely N-dealkylation sites (N-methyl/N-ethyl adjacent to an activating group) is 1. The molecule has 0 amide bonds. The number of nitrogens with one attached hydrogen (secondary N) is 1. The minimum Gasteiger partial charge on any atom is -0.350 e. The molecule has 3 rings (SSSR count). The second-order valence-electron chi connectivity index (χ2n) is 7.75. The summed E-state index contributed by atoms with van der Waals surface area (Å²) in [6.45, 7) is 13.4. The van der Waals surface area contributed by atoms with E-state index in [1.165, 1.54) is 12.0 Å². The lowest BCUT2D eigenvalue weighted by atomic mass is 10.1. The summed E-state index contributed by atoms with van der Waals surface area (Å²) in [5.74, 6) is 2.75.